The number of nitrogens with one attached hydrogen (secondary N) is 1. The summed E-state index contributed by atoms with van der Waals surface area (Å²) in [5, 5.41) is 2.65. The zero-order valence-corrected chi connectivity index (χ0v) is 19.8. The number of carbonyl (C=O) groups is 2. The molecular formula is C24H27F2N3O5. The van der Waals surface area contributed by atoms with Gasteiger partial charge in [-0.15, -0.1) is 0 Å². The molecule has 2 aromatic rings. The number of hydrogen-bond acceptors (Lipinski definition) is 6. The number of hydrogen-bond donors (Lipinski definition) is 1. The van der Waals surface area contributed by atoms with E-state index in [-0.39, 0.29) is 24.6 Å². The van der Waals surface area contributed by atoms with Crippen molar-refractivity contribution in [3.8, 4) is 11.5 Å². The van der Waals surface area contributed by atoms with E-state index in [0.717, 1.165) is 16.5 Å². The van der Waals surface area contributed by atoms with Gasteiger partial charge < -0.3 is 24.4 Å². The maximum Gasteiger partial charge on any atom is 0.407 e. The first-order chi connectivity index (χ1) is 16.0. The molecule has 182 valence electrons. The second-order valence-corrected chi connectivity index (χ2v) is 9.42. The van der Waals surface area contributed by atoms with Gasteiger partial charge in [-0.2, -0.15) is 0 Å². The van der Waals surface area contributed by atoms with Crippen molar-refractivity contribution < 1.29 is 32.6 Å². The van der Waals surface area contributed by atoms with Crippen molar-refractivity contribution in [3.63, 3.8) is 0 Å². The summed E-state index contributed by atoms with van der Waals surface area (Å²) >= 11 is 0. The molecule has 1 fully saturated rings. The molecule has 1 aliphatic carbocycles. The monoisotopic (exact) mass is 475 g/mol. The molecule has 1 saturated carbocycles. The molecule has 1 aromatic heterocycles. The third kappa shape index (κ3) is 4.12. The molecule has 4 rings (SSSR count). The lowest BCUT2D eigenvalue weighted by molar-refractivity contribution is -0.121. The van der Waals surface area contributed by atoms with E-state index < -0.39 is 40.3 Å². The molecule has 0 atom stereocenters. The van der Waals surface area contributed by atoms with Crippen molar-refractivity contribution in [3.05, 3.63) is 46.8 Å². The summed E-state index contributed by atoms with van der Waals surface area (Å²) in [5.41, 5.74) is -0.0217. The maximum atomic E-state index is 15.1. The van der Waals surface area contributed by atoms with Crippen LogP contribution in [0.5, 0.6) is 11.5 Å². The van der Waals surface area contributed by atoms with E-state index in [2.05, 4.69) is 10.3 Å². The lowest BCUT2D eigenvalue weighted by Gasteiger charge is -2.35. The zero-order chi connectivity index (χ0) is 24.8. The molecule has 10 heteroatoms. The van der Waals surface area contributed by atoms with E-state index in [4.69, 9.17) is 14.2 Å². The summed E-state index contributed by atoms with van der Waals surface area (Å²) in [6, 6.07) is 2.88. The predicted molar refractivity (Wildman–Crippen MR) is 119 cm³/mol. The summed E-state index contributed by atoms with van der Waals surface area (Å²) < 4.78 is 45.5. The Balaban J connectivity index is 1.66. The number of ether oxygens (including phenoxy) is 3. The Bertz CT molecular complexity index is 1130. The van der Waals surface area contributed by atoms with E-state index in [1.54, 1.807) is 33.0 Å². The van der Waals surface area contributed by atoms with Crippen molar-refractivity contribution >= 4 is 17.7 Å². The summed E-state index contributed by atoms with van der Waals surface area (Å²) in [6.45, 7) is 5.35. The highest BCUT2D eigenvalue weighted by atomic mass is 19.1. The normalized spacial score (nSPS) is 16.2. The number of carbonyl (C=O) groups excluding carboxylic acids is 2. The molecule has 2 heterocycles. The molecule has 8 nitrogen and oxygen atoms in total. The number of halogens is 2. The van der Waals surface area contributed by atoms with Crippen molar-refractivity contribution in [2.24, 2.45) is 0 Å². The number of anilines is 1. The van der Waals surface area contributed by atoms with Crippen LogP contribution in [0.25, 0.3) is 0 Å². The third-order valence-electron chi connectivity index (χ3n) is 5.92. The summed E-state index contributed by atoms with van der Waals surface area (Å²) in [4.78, 5) is 31.0. The van der Waals surface area contributed by atoms with Crippen LogP contribution in [0.1, 0.15) is 50.4 Å². The smallest absolute Gasteiger partial charge is 0.407 e. The Morgan fingerprint density at radius 3 is 2.29 bits per heavy atom. The molecule has 1 spiro atoms. The molecule has 1 aliphatic heterocycles. The molecule has 2 aliphatic rings. The van der Waals surface area contributed by atoms with Crippen LogP contribution in [-0.4, -0.2) is 36.8 Å². The molecule has 0 bridgehead atoms. The van der Waals surface area contributed by atoms with Crippen LogP contribution >= 0.6 is 0 Å². The number of rotatable bonds is 5. The molecule has 0 saturated heterocycles. The minimum absolute atomic E-state index is 0.0626. The fourth-order valence-corrected chi connectivity index (χ4v) is 4.19. The number of nitrogens with zero attached hydrogens (tertiary/aromatic N) is 2. The number of aromatic nitrogens is 1. The largest absolute Gasteiger partial charge is 0.493 e. The van der Waals surface area contributed by atoms with Crippen molar-refractivity contribution in [1.29, 1.82) is 0 Å². The molecule has 2 amide bonds. The van der Waals surface area contributed by atoms with Gasteiger partial charge in [-0.25, -0.2) is 13.6 Å². The van der Waals surface area contributed by atoms with Gasteiger partial charge >= 0.3 is 6.09 Å². The van der Waals surface area contributed by atoms with Crippen LogP contribution in [0, 0.1) is 11.6 Å². The summed E-state index contributed by atoms with van der Waals surface area (Å²) in [6.07, 6.45) is 2.09. The molecular weight excluding hydrogens is 448 g/mol. The van der Waals surface area contributed by atoms with Crippen molar-refractivity contribution in [2.45, 2.75) is 57.7 Å². The minimum Gasteiger partial charge on any atom is -0.493 e. The maximum absolute atomic E-state index is 15.1. The van der Waals surface area contributed by atoms with Crippen LogP contribution in [0.3, 0.4) is 0 Å². The topological polar surface area (TPSA) is 90.0 Å². The summed E-state index contributed by atoms with van der Waals surface area (Å²) in [7, 11) is 2.51. The lowest BCUT2D eigenvalue weighted by Crippen LogP contribution is -2.45. The first-order valence-corrected chi connectivity index (χ1v) is 10.9. The van der Waals surface area contributed by atoms with E-state index in [1.807, 2.05) is 0 Å². The van der Waals surface area contributed by atoms with Crippen molar-refractivity contribution in [1.82, 2.24) is 10.3 Å². The number of fused-ring (bicyclic) bond motifs is 2. The Labute approximate surface area is 196 Å². The fraction of sp³-hybridized carbons (Fsp3) is 0.458. The first kappa shape index (κ1) is 23.7. The molecule has 1 aromatic carbocycles. The first-order valence-electron chi connectivity index (χ1n) is 10.9. The quantitative estimate of drug-likeness (QED) is 0.704. The number of benzene rings is 1. The van der Waals surface area contributed by atoms with Crippen LogP contribution in [0.15, 0.2) is 18.3 Å². The van der Waals surface area contributed by atoms with Crippen LogP contribution < -0.4 is 19.7 Å². The predicted octanol–water partition coefficient (Wildman–Crippen LogP) is 3.98. The van der Waals surface area contributed by atoms with Crippen molar-refractivity contribution in [2.75, 3.05) is 19.1 Å². The highest BCUT2D eigenvalue weighted by Gasteiger charge is 2.57. The number of pyridine rings is 1. The van der Waals surface area contributed by atoms with Gasteiger partial charge in [-0.05, 0) is 50.8 Å². The Morgan fingerprint density at radius 1 is 1.15 bits per heavy atom. The Hall–Kier alpha value is -3.43. The van der Waals surface area contributed by atoms with Crippen LogP contribution in [0.4, 0.5) is 19.3 Å². The molecule has 0 unspecified atom stereocenters. The fourth-order valence-electron chi connectivity index (χ4n) is 4.19. The molecule has 34 heavy (non-hydrogen) atoms. The average Bonchev–Trinajstić information content (AvgIpc) is 3.57. The van der Waals surface area contributed by atoms with Gasteiger partial charge in [-0.3, -0.25) is 9.78 Å². The van der Waals surface area contributed by atoms with Gasteiger partial charge in [0.25, 0.3) is 0 Å². The van der Waals surface area contributed by atoms with Gasteiger partial charge in [0.2, 0.25) is 5.91 Å². The van der Waals surface area contributed by atoms with Gasteiger partial charge in [0.15, 0.2) is 23.1 Å². The van der Waals surface area contributed by atoms with E-state index >= 15 is 8.78 Å². The SMILES string of the molecule is COc1cc(OC)c(F)c(N2Cc3cnc(CNC(=O)OC(C)(C)C)cc3C3(CC3)C2=O)c1F. The minimum atomic E-state index is -0.973. The number of methoxy groups -OCH3 is 2. The molecule has 0 radical (unpaired) electrons. The van der Waals surface area contributed by atoms with Crippen LogP contribution in [-0.2, 0) is 28.0 Å². The Morgan fingerprint density at radius 2 is 1.76 bits per heavy atom. The van der Waals surface area contributed by atoms with Gasteiger partial charge in [-0.1, -0.05) is 0 Å². The van der Waals surface area contributed by atoms with E-state index in [9.17, 15) is 9.59 Å². The third-order valence-corrected chi connectivity index (χ3v) is 5.92. The number of amides is 2. The highest BCUT2D eigenvalue weighted by molar-refractivity contribution is 6.05. The van der Waals surface area contributed by atoms with E-state index in [1.165, 1.54) is 14.2 Å². The van der Waals surface area contributed by atoms with E-state index in [0.29, 0.717) is 24.1 Å². The average molecular weight is 475 g/mol. The molecule has 1 N–H and O–H groups in total. The van der Waals surface area contributed by atoms with Crippen LogP contribution in [0.2, 0.25) is 0 Å². The Kier molecular flexibility index (Phi) is 5.87. The highest BCUT2D eigenvalue weighted by Crippen LogP contribution is 2.54. The standard InChI is InChI=1S/C24H27F2N3O5/c1-23(2,3)34-22(31)28-11-14-8-15-13(10-27-14)12-29(21(30)24(15)6-7-24)20-18(25)16(32-4)9-17(33-5)19(20)26/h8-10H,6-7,11-12H2,1-5H3,(H,28,31). The lowest BCUT2D eigenvalue weighted by atomic mass is 9.86. The second kappa shape index (κ2) is 8.41. The van der Waals surface area contributed by atoms with Gasteiger partial charge in [0, 0.05) is 12.3 Å². The number of alkyl carbamates (subject to hydrolysis) is 1. The van der Waals surface area contributed by atoms with Gasteiger partial charge in [0.1, 0.15) is 11.3 Å². The second-order valence-electron chi connectivity index (χ2n) is 9.42. The zero-order valence-electron chi connectivity index (χ0n) is 19.8. The van der Waals surface area contributed by atoms with Gasteiger partial charge in [0.05, 0.1) is 38.4 Å². The summed E-state index contributed by atoms with van der Waals surface area (Å²) in [5.74, 6) is -2.79.